The van der Waals surface area contributed by atoms with Crippen molar-refractivity contribution in [2.24, 2.45) is 0 Å². The summed E-state index contributed by atoms with van der Waals surface area (Å²) in [6.07, 6.45) is 0. The summed E-state index contributed by atoms with van der Waals surface area (Å²) in [5.41, 5.74) is 1.89. The van der Waals surface area contributed by atoms with Gasteiger partial charge in [0, 0.05) is 12.6 Å². The number of imidazole rings is 1. The van der Waals surface area contributed by atoms with Crippen molar-refractivity contribution in [2.45, 2.75) is 13.1 Å². The van der Waals surface area contributed by atoms with Gasteiger partial charge in [0.2, 0.25) is 0 Å². The molecule has 4 rings (SSSR count). The van der Waals surface area contributed by atoms with E-state index >= 15 is 0 Å². The van der Waals surface area contributed by atoms with E-state index in [9.17, 15) is 19.5 Å². The van der Waals surface area contributed by atoms with Gasteiger partial charge in [0.25, 0.3) is 11.8 Å². The van der Waals surface area contributed by atoms with Crippen LogP contribution in [0.5, 0.6) is 5.75 Å². The zero-order valence-corrected chi connectivity index (χ0v) is 18.8. The summed E-state index contributed by atoms with van der Waals surface area (Å²) in [5, 5.41) is 18.2. The fraction of sp³-hybridized carbons (Fsp3) is 0.238. The van der Waals surface area contributed by atoms with Crippen molar-refractivity contribution in [3.05, 3.63) is 59.4 Å². The van der Waals surface area contributed by atoms with Crippen LogP contribution in [0.4, 0.5) is 0 Å². The van der Waals surface area contributed by atoms with Gasteiger partial charge in [-0.2, -0.15) is 0 Å². The van der Waals surface area contributed by atoms with E-state index in [1.807, 2.05) is 4.93 Å². The number of hydrogen-bond donors (Lipinski definition) is 2. The second kappa shape index (κ2) is 9.88. The average Bonchev–Trinajstić information content (AvgIpc) is 3.24. The molecule has 9 nitrogen and oxygen atoms in total. The number of benzene rings is 2. The van der Waals surface area contributed by atoms with Crippen LogP contribution in [0, 0.1) is 0 Å². The molecule has 0 fully saturated rings. The number of hydrogen-bond acceptors (Lipinski definition) is 6. The number of ether oxygens (including phenoxy) is 1. The maximum absolute atomic E-state index is 12.6. The first kappa shape index (κ1) is 22.7. The van der Waals surface area contributed by atoms with Gasteiger partial charge >= 0.3 is 5.97 Å². The molecule has 162 valence electrons. The van der Waals surface area contributed by atoms with E-state index < -0.39 is 24.4 Å². The highest BCUT2D eigenvalue weighted by atomic mass is 127. The fourth-order valence-electron chi connectivity index (χ4n) is 3.38. The molecule has 0 saturated heterocycles. The standard InChI is InChI=1S/C20H17N3O6.CH3I/c24-8-7-22-16-9-12(29-11-18(25)26)5-6-15(16)21-17(22)10-23-19(27)13-3-1-2-4-14(13)20(23)28;1-2/h1-6,9,24H,7-8,10-11H2,(H,25,26);1H3. The number of rotatable bonds is 7. The van der Waals surface area contributed by atoms with Gasteiger partial charge in [0.15, 0.2) is 6.61 Å². The van der Waals surface area contributed by atoms with Crippen LogP contribution in [-0.2, 0) is 17.9 Å². The number of imide groups is 1. The van der Waals surface area contributed by atoms with Crippen LogP contribution in [0.25, 0.3) is 11.0 Å². The summed E-state index contributed by atoms with van der Waals surface area (Å²) in [7, 11) is 0. The number of aromatic nitrogens is 2. The summed E-state index contributed by atoms with van der Waals surface area (Å²) < 4.78 is 6.89. The Kier molecular flexibility index (Phi) is 7.23. The first-order chi connectivity index (χ1) is 15.0. The second-order valence-electron chi connectivity index (χ2n) is 6.48. The Hall–Kier alpha value is -2.99. The van der Waals surface area contributed by atoms with Crippen LogP contribution in [-0.4, -0.2) is 60.6 Å². The minimum absolute atomic E-state index is 0.0493. The third-order valence-electron chi connectivity index (χ3n) is 4.66. The Bertz CT molecular complexity index is 1110. The predicted octanol–water partition coefficient (Wildman–Crippen LogP) is 2.34. The molecule has 0 atom stereocenters. The molecule has 0 spiro atoms. The van der Waals surface area contributed by atoms with E-state index in [2.05, 4.69) is 27.6 Å². The van der Waals surface area contributed by atoms with Crippen molar-refractivity contribution in [1.82, 2.24) is 14.5 Å². The predicted molar refractivity (Wildman–Crippen MR) is 121 cm³/mol. The van der Waals surface area contributed by atoms with Gasteiger partial charge in [0.05, 0.1) is 35.3 Å². The molecule has 2 amide bonds. The Balaban J connectivity index is 0.00000132. The number of alkyl halides is 1. The Morgan fingerprint density at radius 3 is 2.32 bits per heavy atom. The molecule has 3 aromatic rings. The molecule has 0 aliphatic carbocycles. The third-order valence-corrected chi connectivity index (χ3v) is 4.66. The number of carbonyl (C=O) groups is 3. The van der Waals surface area contributed by atoms with Crippen molar-refractivity contribution in [1.29, 1.82) is 0 Å². The molecule has 2 N–H and O–H groups in total. The Morgan fingerprint density at radius 2 is 1.74 bits per heavy atom. The zero-order valence-electron chi connectivity index (χ0n) is 16.6. The molecule has 0 bridgehead atoms. The number of carboxylic acids is 1. The minimum atomic E-state index is -1.10. The molecular weight excluding hydrogens is 517 g/mol. The molecular formula is C21H20IN3O6. The maximum Gasteiger partial charge on any atom is 0.341 e. The number of aliphatic carboxylic acids is 1. The number of carboxylic acid groups (broad SMARTS) is 1. The van der Waals surface area contributed by atoms with Gasteiger partial charge in [-0.1, -0.05) is 34.7 Å². The van der Waals surface area contributed by atoms with Crippen molar-refractivity contribution in [2.75, 3.05) is 18.1 Å². The number of amides is 2. The van der Waals surface area contributed by atoms with Crippen molar-refractivity contribution < 1.29 is 29.3 Å². The quantitative estimate of drug-likeness (QED) is 0.270. The highest BCUT2D eigenvalue weighted by Gasteiger charge is 2.36. The normalized spacial score (nSPS) is 12.5. The monoisotopic (exact) mass is 537 g/mol. The number of fused-ring (bicyclic) bond motifs is 2. The summed E-state index contributed by atoms with van der Waals surface area (Å²) in [5.74, 6) is -1.11. The average molecular weight is 537 g/mol. The molecule has 0 radical (unpaired) electrons. The number of carbonyl (C=O) groups excluding carboxylic acids is 2. The van der Waals surface area contributed by atoms with Crippen molar-refractivity contribution >= 4 is 51.4 Å². The van der Waals surface area contributed by atoms with Gasteiger partial charge in [-0.05, 0) is 29.2 Å². The molecule has 2 heterocycles. The van der Waals surface area contributed by atoms with Crippen molar-refractivity contribution in [3.8, 4) is 5.75 Å². The summed E-state index contributed by atoms with van der Waals surface area (Å²) in [6, 6.07) is 11.5. The lowest BCUT2D eigenvalue weighted by Crippen LogP contribution is -2.30. The van der Waals surface area contributed by atoms with E-state index in [0.717, 1.165) is 4.90 Å². The highest BCUT2D eigenvalue weighted by molar-refractivity contribution is 14.1. The van der Waals surface area contributed by atoms with E-state index in [4.69, 9.17) is 9.84 Å². The van der Waals surface area contributed by atoms with Gasteiger partial charge in [0.1, 0.15) is 11.6 Å². The first-order valence-corrected chi connectivity index (χ1v) is 11.4. The van der Waals surface area contributed by atoms with E-state index in [1.165, 1.54) is 0 Å². The van der Waals surface area contributed by atoms with E-state index in [-0.39, 0.29) is 19.7 Å². The molecule has 1 aromatic heterocycles. The number of aliphatic hydroxyl groups is 1. The largest absolute Gasteiger partial charge is 0.482 e. The van der Waals surface area contributed by atoms with Crippen LogP contribution >= 0.6 is 22.6 Å². The second-order valence-corrected chi connectivity index (χ2v) is 6.48. The number of aliphatic hydroxyl groups excluding tert-OH is 1. The van der Waals surface area contributed by atoms with Gasteiger partial charge < -0.3 is 19.5 Å². The van der Waals surface area contributed by atoms with Crippen LogP contribution in [0.2, 0.25) is 0 Å². The molecule has 10 heteroatoms. The van der Waals surface area contributed by atoms with Crippen LogP contribution in [0.3, 0.4) is 0 Å². The molecule has 0 unspecified atom stereocenters. The number of halogens is 1. The highest BCUT2D eigenvalue weighted by Crippen LogP contribution is 2.27. The lowest BCUT2D eigenvalue weighted by Gasteiger charge is -2.15. The third kappa shape index (κ3) is 4.54. The van der Waals surface area contributed by atoms with Crippen molar-refractivity contribution in [3.63, 3.8) is 0 Å². The molecule has 1 aliphatic heterocycles. The summed E-state index contributed by atoms with van der Waals surface area (Å²) >= 11 is 2.15. The van der Waals surface area contributed by atoms with Crippen LogP contribution < -0.4 is 4.74 Å². The topological polar surface area (TPSA) is 122 Å². The van der Waals surface area contributed by atoms with Crippen LogP contribution in [0.1, 0.15) is 26.5 Å². The van der Waals surface area contributed by atoms with E-state index in [1.54, 1.807) is 47.0 Å². The Morgan fingerprint density at radius 1 is 1.10 bits per heavy atom. The Labute approximate surface area is 191 Å². The molecule has 31 heavy (non-hydrogen) atoms. The van der Waals surface area contributed by atoms with Gasteiger partial charge in [-0.15, -0.1) is 0 Å². The van der Waals surface area contributed by atoms with Crippen LogP contribution in [0.15, 0.2) is 42.5 Å². The number of nitrogens with zero attached hydrogens (tertiary/aromatic N) is 3. The molecule has 2 aromatic carbocycles. The first-order valence-electron chi connectivity index (χ1n) is 9.27. The smallest absolute Gasteiger partial charge is 0.341 e. The molecule has 1 aliphatic rings. The van der Waals surface area contributed by atoms with E-state index in [0.29, 0.717) is 33.7 Å². The van der Waals surface area contributed by atoms with Gasteiger partial charge in [-0.3, -0.25) is 14.5 Å². The molecule has 0 saturated carbocycles. The minimum Gasteiger partial charge on any atom is -0.482 e. The van der Waals surface area contributed by atoms with Gasteiger partial charge in [-0.25, -0.2) is 9.78 Å². The zero-order chi connectivity index (χ0) is 22.5. The lowest BCUT2D eigenvalue weighted by molar-refractivity contribution is -0.139. The summed E-state index contributed by atoms with van der Waals surface area (Å²) in [6.45, 7) is -0.522. The fourth-order valence-corrected chi connectivity index (χ4v) is 3.38. The maximum atomic E-state index is 12.6. The SMILES string of the molecule is CI.O=C(O)COc1ccc2nc(CN3C(=O)c4ccccc4C3=O)n(CCO)c2c1. The summed E-state index contributed by atoms with van der Waals surface area (Å²) in [4.78, 5) is 43.6. The lowest BCUT2D eigenvalue weighted by atomic mass is 10.1.